The Hall–Kier alpha value is -0.720. The van der Waals surface area contributed by atoms with Crippen molar-refractivity contribution in [2.45, 2.75) is 26.2 Å². The molecule has 1 atom stereocenters. The Morgan fingerprint density at radius 1 is 1.64 bits per heavy atom. The predicted octanol–water partition coefficient (Wildman–Crippen LogP) is 3.07. The zero-order valence-corrected chi connectivity index (χ0v) is 7.05. The number of furan rings is 1. The summed E-state index contributed by atoms with van der Waals surface area (Å²) in [5, 5.41) is 0. The van der Waals surface area contributed by atoms with Crippen molar-refractivity contribution in [3.8, 4) is 0 Å². The van der Waals surface area contributed by atoms with Crippen LogP contribution in [0.3, 0.4) is 0 Å². The van der Waals surface area contributed by atoms with E-state index >= 15 is 0 Å². The Morgan fingerprint density at radius 2 is 2.45 bits per heavy atom. The van der Waals surface area contributed by atoms with Crippen molar-refractivity contribution in [3.05, 3.63) is 31.1 Å². The predicted molar refractivity (Wildman–Crippen MR) is 46.2 cm³/mol. The van der Waals surface area contributed by atoms with Gasteiger partial charge in [-0.25, -0.2) is 0 Å². The van der Waals surface area contributed by atoms with Gasteiger partial charge in [0.15, 0.2) is 0 Å². The van der Waals surface area contributed by atoms with Gasteiger partial charge in [0.2, 0.25) is 0 Å². The zero-order valence-electron chi connectivity index (χ0n) is 7.05. The van der Waals surface area contributed by atoms with Crippen molar-refractivity contribution >= 4 is 0 Å². The standard InChI is InChI=1S/C10H15O/c1-3-9(2)4-5-10-6-7-11-8-10/h6-9H,1,3-5H2,2H3. The quantitative estimate of drug-likeness (QED) is 0.644. The minimum Gasteiger partial charge on any atom is -0.472 e. The smallest absolute Gasteiger partial charge is 0.0934 e. The maximum Gasteiger partial charge on any atom is 0.0934 e. The number of rotatable bonds is 4. The van der Waals surface area contributed by atoms with Gasteiger partial charge in [-0.1, -0.05) is 20.3 Å². The molecule has 0 aliphatic heterocycles. The Labute approximate surface area is 68.4 Å². The molecule has 0 aliphatic rings. The Bertz CT molecular complexity index is 177. The third-order valence-electron chi connectivity index (χ3n) is 2.00. The second kappa shape index (κ2) is 4.22. The molecule has 0 saturated carbocycles. The number of aryl methyl sites for hydroxylation is 1. The summed E-state index contributed by atoms with van der Waals surface area (Å²) in [6, 6.07) is 2.02. The van der Waals surface area contributed by atoms with Crippen LogP contribution < -0.4 is 0 Å². The zero-order chi connectivity index (χ0) is 8.10. The monoisotopic (exact) mass is 151 g/mol. The highest BCUT2D eigenvalue weighted by Gasteiger charge is 1.99. The highest BCUT2D eigenvalue weighted by molar-refractivity contribution is 5.05. The molecule has 1 nitrogen and oxygen atoms in total. The Morgan fingerprint density at radius 3 is 3.00 bits per heavy atom. The van der Waals surface area contributed by atoms with E-state index in [0.717, 1.165) is 18.8 Å². The minimum absolute atomic E-state index is 0.727. The van der Waals surface area contributed by atoms with Gasteiger partial charge in [0.25, 0.3) is 0 Å². The van der Waals surface area contributed by atoms with Gasteiger partial charge in [0.05, 0.1) is 12.5 Å². The summed E-state index contributed by atoms with van der Waals surface area (Å²) in [6.07, 6.45) is 6.90. The fourth-order valence-electron chi connectivity index (χ4n) is 0.992. The van der Waals surface area contributed by atoms with Gasteiger partial charge in [0, 0.05) is 0 Å². The third-order valence-corrected chi connectivity index (χ3v) is 2.00. The third kappa shape index (κ3) is 2.79. The summed E-state index contributed by atoms with van der Waals surface area (Å²) in [5.74, 6) is 0.727. The number of hydrogen-bond acceptors (Lipinski definition) is 1. The fraction of sp³-hybridized carbons (Fsp3) is 0.500. The molecular formula is C10H15O. The van der Waals surface area contributed by atoms with Crippen molar-refractivity contribution in [3.63, 3.8) is 0 Å². The first-order chi connectivity index (χ1) is 5.33. The van der Waals surface area contributed by atoms with Gasteiger partial charge >= 0.3 is 0 Å². The maximum absolute atomic E-state index is 4.96. The summed E-state index contributed by atoms with van der Waals surface area (Å²) in [7, 11) is 0. The Kier molecular flexibility index (Phi) is 3.21. The maximum atomic E-state index is 4.96. The van der Waals surface area contributed by atoms with Gasteiger partial charge in [-0.15, -0.1) is 0 Å². The molecule has 1 aromatic heterocycles. The fourth-order valence-corrected chi connectivity index (χ4v) is 0.992. The van der Waals surface area contributed by atoms with Gasteiger partial charge in [-0.2, -0.15) is 0 Å². The van der Waals surface area contributed by atoms with Crippen LogP contribution in [-0.4, -0.2) is 0 Å². The molecule has 11 heavy (non-hydrogen) atoms. The Balaban J connectivity index is 2.23. The highest BCUT2D eigenvalue weighted by Crippen LogP contribution is 2.11. The molecule has 61 valence electrons. The van der Waals surface area contributed by atoms with E-state index in [0.29, 0.717) is 0 Å². The van der Waals surface area contributed by atoms with Crippen molar-refractivity contribution in [2.75, 3.05) is 0 Å². The molecule has 0 aromatic carbocycles. The summed E-state index contributed by atoms with van der Waals surface area (Å²) in [5.41, 5.74) is 1.30. The molecule has 1 aromatic rings. The van der Waals surface area contributed by atoms with Crippen LogP contribution in [0.15, 0.2) is 23.0 Å². The molecule has 0 aliphatic carbocycles. The summed E-state index contributed by atoms with van der Waals surface area (Å²) < 4.78 is 4.96. The summed E-state index contributed by atoms with van der Waals surface area (Å²) >= 11 is 0. The molecule has 1 unspecified atom stereocenters. The lowest BCUT2D eigenvalue weighted by Crippen LogP contribution is -1.94. The molecule has 0 bridgehead atoms. The van der Waals surface area contributed by atoms with E-state index in [1.54, 1.807) is 6.26 Å². The summed E-state index contributed by atoms with van der Waals surface area (Å²) in [4.78, 5) is 0. The lowest BCUT2D eigenvalue weighted by Gasteiger charge is -2.05. The van der Waals surface area contributed by atoms with Gasteiger partial charge in [-0.3, -0.25) is 0 Å². The van der Waals surface area contributed by atoms with Crippen LogP contribution in [0.2, 0.25) is 0 Å². The van der Waals surface area contributed by atoms with Crippen LogP contribution in [0, 0.1) is 12.8 Å². The molecule has 0 fully saturated rings. The molecule has 1 heterocycles. The van der Waals surface area contributed by atoms with Crippen LogP contribution >= 0.6 is 0 Å². The molecule has 0 spiro atoms. The van der Waals surface area contributed by atoms with Crippen LogP contribution in [-0.2, 0) is 6.42 Å². The van der Waals surface area contributed by atoms with Gasteiger partial charge in [-0.05, 0) is 30.4 Å². The average molecular weight is 151 g/mol. The van der Waals surface area contributed by atoms with E-state index in [1.807, 2.05) is 12.3 Å². The number of hydrogen-bond donors (Lipinski definition) is 0. The molecule has 0 amide bonds. The first-order valence-corrected chi connectivity index (χ1v) is 4.13. The largest absolute Gasteiger partial charge is 0.472 e. The molecule has 1 heteroatoms. The molecule has 1 rings (SSSR count). The normalized spacial score (nSPS) is 13.3. The lowest BCUT2D eigenvalue weighted by molar-refractivity contribution is 0.530. The van der Waals surface area contributed by atoms with Crippen LogP contribution in [0.1, 0.15) is 25.3 Å². The van der Waals surface area contributed by atoms with E-state index in [9.17, 15) is 0 Å². The average Bonchev–Trinajstić information content (AvgIpc) is 2.52. The second-order valence-electron chi connectivity index (χ2n) is 3.06. The SMILES string of the molecule is [CH2]CC(C)CCc1ccoc1. The van der Waals surface area contributed by atoms with Gasteiger partial charge < -0.3 is 4.42 Å². The van der Waals surface area contributed by atoms with Gasteiger partial charge in [0.1, 0.15) is 0 Å². The van der Waals surface area contributed by atoms with E-state index in [4.69, 9.17) is 4.42 Å². The van der Waals surface area contributed by atoms with Crippen molar-refractivity contribution in [1.82, 2.24) is 0 Å². The van der Waals surface area contributed by atoms with E-state index in [2.05, 4.69) is 13.8 Å². The van der Waals surface area contributed by atoms with E-state index < -0.39 is 0 Å². The first kappa shape index (κ1) is 8.38. The van der Waals surface area contributed by atoms with Crippen LogP contribution in [0.25, 0.3) is 0 Å². The molecular weight excluding hydrogens is 136 g/mol. The molecule has 1 radical (unpaired) electrons. The lowest BCUT2D eigenvalue weighted by atomic mass is 10.0. The van der Waals surface area contributed by atoms with Crippen molar-refractivity contribution < 1.29 is 4.42 Å². The van der Waals surface area contributed by atoms with Crippen molar-refractivity contribution in [2.24, 2.45) is 5.92 Å². The highest BCUT2D eigenvalue weighted by atomic mass is 16.3. The van der Waals surface area contributed by atoms with E-state index in [-0.39, 0.29) is 0 Å². The molecule has 0 saturated heterocycles. The van der Waals surface area contributed by atoms with E-state index in [1.165, 1.54) is 12.0 Å². The summed E-state index contributed by atoms with van der Waals surface area (Å²) in [6.45, 7) is 6.09. The second-order valence-corrected chi connectivity index (χ2v) is 3.06. The van der Waals surface area contributed by atoms with Crippen LogP contribution in [0.4, 0.5) is 0 Å². The topological polar surface area (TPSA) is 13.1 Å². The molecule has 0 N–H and O–H groups in total. The van der Waals surface area contributed by atoms with Crippen LogP contribution in [0.5, 0.6) is 0 Å². The minimum atomic E-state index is 0.727. The first-order valence-electron chi connectivity index (χ1n) is 4.13. The van der Waals surface area contributed by atoms with Crippen molar-refractivity contribution in [1.29, 1.82) is 0 Å².